The summed E-state index contributed by atoms with van der Waals surface area (Å²) < 4.78 is 19.5. The average molecular weight is 550 g/mol. The number of hydrogen-bond acceptors (Lipinski definition) is 6. The highest BCUT2D eigenvalue weighted by molar-refractivity contribution is 6.00. The van der Waals surface area contributed by atoms with Crippen molar-refractivity contribution in [2.45, 2.75) is 27.2 Å². The number of fused-ring (bicyclic) bond motifs is 2. The van der Waals surface area contributed by atoms with E-state index in [9.17, 15) is 9.18 Å². The predicted molar refractivity (Wildman–Crippen MR) is 157 cm³/mol. The van der Waals surface area contributed by atoms with Gasteiger partial charge in [-0.05, 0) is 41.8 Å². The van der Waals surface area contributed by atoms with Crippen LogP contribution in [0.4, 0.5) is 10.1 Å². The first kappa shape index (κ1) is 26.1. The van der Waals surface area contributed by atoms with Gasteiger partial charge in [-0.15, -0.1) is 0 Å². The van der Waals surface area contributed by atoms with Crippen LogP contribution in [0.15, 0.2) is 67.3 Å². The number of methoxy groups -OCH3 is 1. The average Bonchev–Trinajstić information content (AvgIpc) is 3.55. The minimum atomic E-state index is -0.405. The number of halogens is 1. The van der Waals surface area contributed by atoms with E-state index in [0.29, 0.717) is 40.5 Å². The van der Waals surface area contributed by atoms with Crippen molar-refractivity contribution in [3.05, 3.63) is 73.1 Å². The number of H-pyrrole nitrogens is 2. The Labute approximate surface area is 235 Å². The summed E-state index contributed by atoms with van der Waals surface area (Å²) in [6.45, 7) is 6.06. The Morgan fingerprint density at radius 1 is 0.951 bits per heavy atom. The highest BCUT2D eigenvalue weighted by Crippen LogP contribution is 2.35. The number of carbonyl (C=O) groups is 1. The van der Waals surface area contributed by atoms with Crippen molar-refractivity contribution in [2.24, 2.45) is 5.41 Å². The first-order valence-corrected chi connectivity index (χ1v) is 13.1. The third-order valence-electron chi connectivity index (χ3n) is 6.65. The molecule has 10 heteroatoms. The van der Waals surface area contributed by atoms with E-state index in [2.05, 4.69) is 35.5 Å². The lowest BCUT2D eigenvalue weighted by Crippen LogP contribution is -2.19. The van der Waals surface area contributed by atoms with Gasteiger partial charge in [0.25, 0.3) is 0 Å². The Kier molecular flexibility index (Phi) is 6.45. The zero-order valence-corrected chi connectivity index (χ0v) is 23.0. The number of nitrogens with one attached hydrogen (secondary N) is 3. The zero-order valence-electron chi connectivity index (χ0n) is 23.0. The van der Waals surface area contributed by atoms with Crippen molar-refractivity contribution in [1.82, 2.24) is 30.1 Å². The summed E-state index contributed by atoms with van der Waals surface area (Å²) in [6, 6.07) is 12.2. The van der Waals surface area contributed by atoms with Crippen molar-refractivity contribution in [3.63, 3.8) is 0 Å². The molecule has 1 aromatic carbocycles. The molecule has 6 aromatic rings. The summed E-state index contributed by atoms with van der Waals surface area (Å²) in [5.41, 5.74) is 6.25. The molecule has 206 valence electrons. The van der Waals surface area contributed by atoms with Crippen molar-refractivity contribution in [2.75, 3.05) is 12.4 Å². The van der Waals surface area contributed by atoms with Crippen LogP contribution in [0.25, 0.3) is 55.7 Å². The molecule has 1 amide bonds. The van der Waals surface area contributed by atoms with Gasteiger partial charge in [-0.2, -0.15) is 5.10 Å². The minimum absolute atomic E-state index is 0.0634. The number of aromatic nitrogens is 6. The van der Waals surface area contributed by atoms with Crippen molar-refractivity contribution < 1.29 is 13.9 Å². The Bertz CT molecular complexity index is 1920. The molecule has 0 aliphatic heterocycles. The Morgan fingerprint density at radius 3 is 2.59 bits per heavy atom. The largest absolute Gasteiger partial charge is 0.497 e. The summed E-state index contributed by atoms with van der Waals surface area (Å²) in [6.07, 6.45) is 7.18. The van der Waals surface area contributed by atoms with Crippen LogP contribution in [0.5, 0.6) is 5.75 Å². The lowest BCUT2D eigenvalue weighted by Gasteiger charge is -2.17. The van der Waals surface area contributed by atoms with Gasteiger partial charge in [0.2, 0.25) is 5.91 Å². The fraction of sp³-hybridized carbons (Fsp3) is 0.194. The molecule has 0 bridgehead atoms. The summed E-state index contributed by atoms with van der Waals surface area (Å²) in [7, 11) is 1.50. The van der Waals surface area contributed by atoms with Gasteiger partial charge in [-0.25, -0.2) is 9.37 Å². The third kappa shape index (κ3) is 5.36. The highest BCUT2D eigenvalue weighted by atomic mass is 19.1. The van der Waals surface area contributed by atoms with Crippen LogP contribution in [-0.4, -0.2) is 43.2 Å². The maximum absolute atomic E-state index is 14.3. The molecule has 0 radical (unpaired) electrons. The number of hydrogen-bond donors (Lipinski definition) is 3. The van der Waals surface area contributed by atoms with E-state index < -0.39 is 5.82 Å². The SMILES string of the molecule is COc1cc(F)cc(-c2nccc3[nH]c(-c4n[nH]c5ncc(-c6cncc(NC(=O)CC(C)(C)C)c6)cc45)cc23)c1. The molecule has 0 spiro atoms. The number of amides is 1. The number of anilines is 1. The molecule has 3 N–H and O–H groups in total. The molecule has 0 aliphatic carbocycles. The molecular formula is C31H28FN7O2. The summed E-state index contributed by atoms with van der Waals surface area (Å²) in [5.74, 6) is -0.0524. The van der Waals surface area contributed by atoms with E-state index >= 15 is 0 Å². The number of benzene rings is 1. The van der Waals surface area contributed by atoms with E-state index in [1.807, 2.05) is 45.0 Å². The van der Waals surface area contributed by atoms with Crippen LogP contribution in [-0.2, 0) is 4.79 Å². The minimum Gasteiger partial charge on any atom is -0.497 e. The van der Waals surface area contributed by atoms with Crippen LogP contribution in [0.3, 0.4) is 0 Å². The van der Waals surface area contributed by atoms with E-state index in [-0.39, 0.29) is 11.3 Å². The fourth-order valence-electron chi connectivity index (χ4n) is 4.85. The van der Waals surface area contributed by atoms with Gasteiger partial charge < -0.3 is 15.0 Å². The first-order valence-electron chi connectivity index (χ1n) is 13.1. The van der Waals surface area contributed by atoms with Gasteiger partial charge in [-0.3, -0.25) is 19.9 Å². The molecule has 0 saturated heterocycles. The Morgan fingerprint density at radius 2 is 1.78 bits per heavy atom. The maximum Gasteiger partial charge on any atom is 0.224 e. The Balaban J connectivity index is 1.37. The standard InChI is InChI=1S/C31H28FN7O2/c1-31(2,3)13-27(40)36-21-8-18(14-33-16-21)19-10-24-29(38-39-30(24)35-15-19)26-12-23-25(37-26)5-6-34-28(23)17-7-20(32)11-22(9-17)41-4/h5-12,14-16,37H,13H2,1-4H3,(H,36,40)(H,35,38,39). The number of pyridine rings is 3. The molecule has 0 saturated carbocycles. The smallest absolute Gasteiger partial charge is 0.224 e. The van der Waals surface area contributed by atoms with Gasteiger partial charge >= 0.3 is 0 Å². The number of nitrogens with zero attached hydrogens (tertiary/aromatic N) is 4. The van der Waals surface area contributed by atoms with Crippen LogP contribution in [0, 0.1) is 11.2 Å². The van der Waals surface area contributed by atoms with Crippen molar-refractivity contribution in [3.8, 4) is 39.5 Å². The molecule has 5 aromatic heterocycles. The van der Waals surface area contributed by atoms with Gasteiger partial charge in [-0.1, -0.05) is 20.8 Å². The van der Waals surface area contributed by atoms with Gasteiger partial charge in [0.05, 0.1) is 30.4 Å². The molecule has 41 heavy (non-hydrogen) atoms. The zero-order chi connectivity index (χ0) is 28.7. The second-order valence-corrected chi connectivity index (χ2v) is 11.1. The third-order valence-corrected chi connectivity index (χ3v) is 6.65. The van der Waals surface area contributed by atoms with E-state index in [4.69, 9.17) is 4.74 Å². The van der Waals surface area contributed by atoms with Crippen LogP contribution in [0.1, 0.15) is 27.2 Å². The first-order chi connectivity index (χ1) is 19.7. The summed E-state index contributed by atoms with van der Waals surface area (Å²) in [4.78, 5) is 29.3. The molecule has 6 rings (SSSR count). The number of aromatic amines is 2. The number of carbonyl (C=O) groups excluding carboxylic acids is 1. The lowest BCUT2D eigenvalue weighted by atomic mass is 9.92. The molecule has 0 fully saturated rings. The fourth-order valence-corrected chi connectivity index (χ4v) is 4.85. The van der Waals surface area contributed by atoms with Crippen LogP contribution >= 0.6 is 0 Å². The second kappa shape index (κ2) is 10.1. The lowest BCUT2D eigenvalue weighted by molar-refractivity contribution is -0.117. The molecular weight excluding hydrogens is 521 g/mol. The number of ether oxygens (including phenoxy) is 1. The van der Waals surface area contributed by atoms with Crippen LogP contribution in [0.2, 0.25) is 0 Å². The molecule has 0 unspecified atom stereocenters. The summed E-state index contributed by atoms with van der Waals surface area (Å²) in [5, 5.41) is 12.1. The highest BCUT2D eigenvalue weighted by Gasteiger charge is 2.18. The van der Waals surface area contributed by atoms with Crippen LogP contribution < -0.4 is 10.1 Å². The molecule has 0 aliphatic rings. The van der Waals surface area contributed by atoms with Crippen molar-refractivity contribution >= 4 is 33.5 Å². The van der Waals surface area contributed by atoms with E-state index in [1.165, 1.54) is 19.2 Å². The number of rotatable bonds is 6. The van der Waals surface area contributed by atoms with Crippen molar-refractivity contribution in [1.29, 1.82) is 0 Å². The summed E-state index contributed by atoms with van der Waals surface area (Å²) >= 11 is 0. The predicted octanol–water partition coefficient (Wildman–Crippen LogP) is 6.75. The second-order valence-electron chi connectivity index (χ2n) is 11.1. The molecule has 0 atom stereocenters. The normalized spacial score (nSPS) is 11.7. The van der Waals surface area contributed by atoms with E-state index in [0.717, 1.165) is 33.1 Å². The quantitative estimate of drug-likeness (QED) is 0.211. The topological polar surface area (TPSA) is 121 Å². The van der Waals surface area contributed by atoms with Gasteiger partial charge in [0.1, 0.15) is 17.3 Å². The Hall–Kier alpha value is -5.12. The maximum atomic E-state index is 14.3. The molecule has 5 heterocycles. The molecule has 9 nitrogen and oxygen atoms in total. The van der Waals surface area contributed by atoms with Gasteiger partial charge in [0.15, 0.2) is 5.65 Å². The monoisotopic (exact) mass is 549 g/mol. The van der Waals surface area contributed by atoms with E-state index in [1.54, 1.807) is 30.9 Å². The van der Waals surface area contributed by atoms with Gasteiger partial charge in [0, 0.05) is 64.1 Å².